The second-order valence-corrected chi connectivity index (χ2v) is 4.42. The van der Waals surface area contributed by atoms with Gasteiger partial charge in [0.25, 0.3) is 5.91 Å². The molecule has 6 nitrogen and oxygen atoms in total. The number of aliphatic carboxylic acids is 1. The molecule has 0 saturated carbocycles. The second-order valence-electron chi connectivity index (χ2n) is 3.51. The minimum atomic E-state index is -1.16. The molecule has 1 atom stereocenters. The van der Waals surface area contributed by atoms with Gasteiger partial charge in [-0.05, 0) is 11.4 Å². The average Bonchev–Trinajstić information content (AvgIpc) is 2.85. The van der Waals surface area contributed by atoms with E-state index in [0.29, 0.717) is 10.6 Å². The number of amides is 1. The Morgan fingerprint density at radius 1 is 1.63 bits per heavy atom. The van der Waals surface area contributed by atoms with E-state index < -0.39 is 17.9 Å². The van der Waals surface area contributed by atoms with Gasteiger partial charge in [0.2, 0.25) is 0 Å². The largest absolute Gasteiger partial charge is 0.495 e. The van der Waals surface area contributed by atoms with Crippen LogP contribution in [0.15, 0.2) is 24.1 Å². The number of carbonyl (C=O) groups excluding carboxylic acids is 1. The maximum atomic E-state index is 11.9. The number of carboxylic acid groups (broad SMARTS) is 1. The molecule has 0 fully saturated rings. The molecule has 0 bridgehead atoms. The van der Waals surface area contributed by atoms with E-state index in [-0.39, 0.29) is 13.2 Å². The van der Waals surface area contributed by atoms with Crippen LogP contribution in [-0.4, -0.2) is 43.3 Å². The Hall–Kier alpha value is -1.86. The van der Waals surface area contributed by atoms with Crippen LogP contribution in [0, 0.1) is 0 Å². The van der Waals surface area contributed by atoms with Gasteiger partial charge in [-0.3, -0.25) is 4.79 Å². The van der Waals surface area contributed by atoms with Gasteiger partial charge in [-0.15, -0.1) is 17.9 Å². The molecule has 1 aromatic rings. The minimum Gasteiger partial charge on any atom is -0.495 e. The fourth-order valence-corrected chi connectivity index (χ4v) is 2.05. The van der Waals surface area contributed by atoms with Gasteiger partial charge in [0.05, 0.1) is 20.3 Å². The molecule has 0 aromatic carbocycles. The lowest BCUT2D eigenvalue weighted by molar-refractivity contribution is -0.140. The normalized spacial score (nSPS) is 11.6. The zero-order chi connectivity index (χ0) is 14.3. The van der Waals surface area contributed by atoms with Crippen molar-refractivity contribution in [3.05, 3.63) is 29.0 Å². The zero-order valence-corrected chi connectivity index (χ0v) is 11.2. The third-order valence-electron chi connectivity index (χ3n) is 2.18. The molecule has 1 heterocycles. The van der Waals surface area contributed by atoms with Crippen molar-refractivity contribution in [3.63, 3.8) is 0 Å². The summed E-state index contributed by atoms with van der Waals surface area (Å²) >= 11 is 1.18. The van der Waals surface area contributed by atoms with Crippen LogP contribution in [0.5, 0.6) is 5.75 Å². The van der Waals surface area contributed by atoms with Gasteiger partial charge in [0.15, 0.2) is 6.04 Å². The summed E-state index contributed by atoms with van der Waals surface area (Å²) in [5.41, 5.74) is 0. The van der Waals surface area contributed by atoms with Crippen molar-refractivity contribution in [1.29, 1.82) is 0 Å². The van der Waals surface area contributed by atoms with Gasteiger partial charge in [0, 0.05) is 0 Å². The Morgan fingerprint density at radius 3 is 2.95 bits per heavy atom. The van der Waals surface area contributed by atoms with Gasteiger partial charge in [0.1, 0.15) is 10.6 Å². The smallest absolute Gasteiger partial charge is 0.328 e. The van der Waals surface area contributed by atoms with Crippen molar-refractivity contribution in [2.45, 2.75) is 6.04 Å². The minimum absolute atomic E-state index is 0.124. The summed E-state index contributed by atoms with van der Waals surface area (Å²) < 4.78 is 10.0. The lowest BCUT2D eigenvalue weighted by Gasteiger charge is -2.14. The number of methoxy groups -OCH3 is 1. The number of hydrogen-bond acceptors (Lipinski definition) is 5. The maximum Gasteiger partial charge on any atom is 0.328 e. The summed E-state index contributed by atoms with van der Waals surface area (Å²) in [6.07, 6.45) is 1.50. The van der Waals surface area contributed by atoms with Gasteiger partial charge < -0.3 is 19.9 Å². The average molecular weight is 285 g/mol. The highest BCUT2D eigenvalue weighted by Crippen LogP contribution is 2.24. The topological polar surface area (TPSA) is 84.9 Å². The highest BCUT2D eigenvalue weighted by atomic mass is 32.1. The number of rotatable bonds is 8. The molecule has 0 aliphatic rings. The van der Waals surface area contributed by atoms with Crippen LogP contribution in [0.3, 0.4) is 0 Å². The molecule has 1 amide bonds. The second kappa shape index (κ2) is 7.55. The van der Waals surface area contributed by atoms with E-state index in [0.717, 1.165) is 0 Å². The SMILES string of the molecule is C=CCOCC(NC(=O)c1sccc1OC)C(=O)O. The summed E-state index contributed by atoms with van der Waals surface area (Å²) in [5.74, 6) is -1.24. The highest BCUT2D eigenvalue weighted by molar-refractivity contribution is 7.12. The first-order chi connectivity index (χ1) is 9.10. The van der Waals surface area contributed by atoms with Crippen molar-refractivity contribution < 1.29 is 24.2 Å². The number of hydrogen-bond donors (Lipinski definition) is 2. The monoisotopic (exact) mass is 285 g/mol. The molecular formula is C12H15NO5S. The molecule has 1 rings (SSSR count). The van der Waals surface area contributed by atoms with Gasteiger partial charge in [-0.2, -0.15) is 0 Å². The Labute approximate surface area is 114 Å². The molecule has 19 heavy (non-hydrogen) atoms. The first-order valence-electron chi connectivity index (χ1n) is 5.44. The van der Waals surface area contributed by atoms with E-state index in [1.807, 2.05) is 0 Å². The van der Waals surface area contributed by atoms with Gasteiger partial charge in [-0.1, -0.05) is 6.08 Å². The van der Waals surface area contributed by atoms with Crippen LogP contribution < -0.4 is 10.1 Å². The molecule has 0 aliphatic carbocycles. The predicted molar refractivity (Wildman–Crippen MR) is 70.8 cm³/mol. The Balaban J connectivity index is 2.65. The molecule has 0 aliphatic heterocycles. The number of nitrogens with one attached hydrogen (secondary N) is 1. The van der Waals surface area contributed by atoms with Crippen molar-refractivity contribution >= 4 is 23.2 Å². The van der Waals surface area contributed by atoms with Gasteiger partial charge in [-0.25, -0.2) is 4.79 Å². The van der Waals surface area contributed by atoms with Crippen LogP contribution in [0.2, 0.25) is 0 Å². The van der Waals surface area contributed by atoms with E-state index in [1.54, 1.807) is 11.4 Å². The van der Waals surface area contributed by atoms with Crippen LogP contribution in [0.1, 0.15) is 9.67 Å². The summed E-state index contributed by atoms with van der Waals surface area (Å²) in [6.45, 7) is 3.55. The van der Waals surface area contributed by atoms with E-state index >= 15 is 0 Å². The van der Waals surface area contributed by atoms with Crippen LogP contribution in [0.25, 0.3) is 0 Å². The molecule has 7 heteroatoms. The quantitative estimate of drug-likeness (QED) is 0.552. The first-order valence-corrected chi connectivity index (χ1v) is 6.32. The number of carboxylic acids is 1. The lowest BCUT2D eigenvalue weighted by atomic mass is 10.3. The third kappa shape index (κ3) is 4.38. The van der Waals surface area contributed by atoms with Crippen molar-refractivity contribution in [1.82, 2.24) is 5.32 Å². The number of thiophene rings is 1. The molecule has 2 N–H and O–H groups in total. The molecule has 1 unspecified atom stereocenters. The predicted octanol–water partition coefficient (Wildman–Crippen LogP) is 1.14. The summed E-state index contributed by atoms with van der Waals surface area (Å²) in [7, 11) is 1.45. The Bertz CT molecular complexity index is 457. The number of ether oxygens (including phenoxy) is 2. The fraction of sp³-hybridized carbons (Fsp3) is 0.333. The van der Waals surface area contributed by atoms with E-state index in [9.17, 15) is 9.59 Å². The Kier molecular flexibility index (Phi) is 6.04. The fourth-order valence-electron chi connectivity index (χ4n) is 1.29. The van der Waals surface area contributed by atoms with Crippen LogP contribution in [-0.2, 0) is 9.53 Å². The van der Waals surface area contributed by atoms with Crippen molar-refractivity contribution in [2.24, 2.45) is 0 Å². The van der Waals surface area contributed by atoms with E-state index in [4.69, 9.17) is 14.6 Å². The Morgan fingerprint density at radius 2 is 2.37 bits per heavy atom. The van der Waals surface area contributed by atoms with Crippen LogP contribution >= 0.6 is 11.3 Å². The van der Waals surface area contributed by atoms with Gasteiger partial charge >= 0.3 is 5.97 Å². The summed E-state index contributed by atoms with van der Waals surface area (Å²) in [6, 6.07) is 0.531. The molecule has 0 radical (unpaired) electrons. The third-order valence-corrected chi connectivity index (χ3v) is 3.07. The lowest BCUT2D eigenvalue weighted by Crippen LogP contribution is -2.43. The standard InChI is InChI=1S/C12H15NO5S/c1-3-5-18-7-8(12(15)16)13-11(14)10-9(17-2)4-6-19-10/h3-4,6,8H,1,5,7H2,2H3,(H,13,14)(H,15,16). The molecule has 0 spiro atoms. The summed E-state index contributed by atoms with van der Waals surface area (Å²) in [4.78, 5) is 23.2. The molecule has 0 saturated heterocycles. The molecule has 1 aromatic heterocycles. The zero-order valence-electron chi connectivity index (χ0n) is 10.4. The van der Waals surface area contributed by atoms with Crippen LogP contribution in [0.4, 0.5) is 0 Å². The number of carbonyl (C=O) groups is 2. The van der Waals surface area contributed by atoms with E-state index in [1.165, 1.54) is 24.5 Å². The van der Waals surface area contributed by atoms with E-state index in [2.05, 4.69) is 11.9 Å². The van der Waals surface area contributed by atoms with Crippen molar-refractivity contribution in [2.75, 3.05) is 20.3 Å². The molecular weight excluding hydrogens is 270 g/mol. The first kappa shape index (κ1) is 15.2. The maximum absolute atomic E-state index is 11.9. The summed E-state index contributed by atoms with van der Waals surface area (Å²) in [5, 5.41) is 13.1. The van der Waals surface area contributed by atoms with Crippen molar-refractivity contribution in [3.8, 4) is 5.75 Å². The molecule has 104 valence electrons. The highest BCUT2D eigenvalue weighted by Gasteiger charge is 2.23.